The third-order valence-corrected chi connectivity index (χ3v) is 2.77. The van der Waals surface area contributed by atoms with Crippen LogP contribution in [0.2, 0.25) is 0 Å². The van der Waals surface area contributed by atoms with Crippen molar-refractivity contribution in [2.75, 3.05) is 12.8 Å². The molecular weight excluding hydrogens is 212 g/mol. The van der Waals surface area contributed by atoms with Crippen LogP contribution in [0, 0.1) is 0 Å². The van der Waals surface area contributed by atoms with Crippen LogP contribution in [0.25, 0.3) is 0 Å². The standard InChI is InChI=1S/C13H16N4/c1-15-13(7-10-3-2-5-16-8-10)11-9-17-6-4-12(11)14/h2-6,8-9,13,15H,7H2,1H3,(H2,14,17). The third-order valence-electron chi connectivity index (χ3n) is 2.77. The lowest BCUT2D eigenvalue weighted by Crippen LogP contribution is -2.20. The van der Waals surface area contributed by atoms with E-state index >= 15 is 0 Å². The Kier molecular flexibility index (Phi) is 3.67. The minimum absolute atomic E-state index is 0.160. The highest BCUT2D eigenvalue weighted by molar-refractivity contribution is 5.46. The van der Waals surface area contributed by atoms with Crippen molar-refractivity contribution in [2.45, 2.75) is 12.5 Å². The molecule has 0 saturated carbocycles. The van der Waals surface area contributed by atoms with Gasteiger partial charge in [0.1, 0.15) is 0 Å². The van der Waals surface area contributed by atoms with E-state index in [0.29, 0.717) is 0 Å². The number of pyridine rings is 2. The lowest BCUT2D eigenvalue weighted by molar-refractivity contribution is 0.591. The number of aromatic nitrogens is 2. The first kappa shape index (κ1) is 11.5. The zero-order chi connectivity index (χ0) is 12.1. The number of nitrogens with one attached hydrogen (secondary N) is 1. The molecule has 2 heterocycles. The quantitative estimate of drug-likeness (QED) is 0.833. The van der Waals surface area contributed by atoms with E-state index < -0.39 is 0 Å². The SMILES string of the molecule is CNC(Cc1cccnc1)c1cnccc1N. The number of nitrogens with two attached hydrogens (primary N) is 1. The maximum Gasteiger partial charge on any atom is 0.0394 e. The molecule has 0 fully saturated rings. The number of hydrogen-bond acceptors (Lipinski definition) is 4. The van der Waals surface area contributed by atoms with Gasteiger partial charge in [0.15, 0.2) is 0 Å². The molecule has 0 aliphatic carbocycles. The molecule has 17 heavy (non-hydrogen) atoms. The van der Waals surface area contributed by atoms with Crippen molar-refractivity contribution in [3.63, 3.8) is 0 Å². The van der Waals surface area contributed by atoms with Crippen LogP contribution in [0.4, 0.5) is 5.69 Å². The maximum absolute atomic E-state index is 5.96. The fourth-order valence-electron chi connectivity index (χ4n) is 1.83. The van der Waals surface area contributed by atoms with Gasteiger partial charge in [0, 0.05) is 42.1 Å². The Labute approximate surface area is 101 Å². The number of anilines is 1. The average Bonchev–Trinajstić information content (AvgIpc) is 2.38. The van der Waals surface area contributed by atoms with Gasteiger partial charge >= 0.3 is 0 Å². The molecule has 3 N–H and O–H groups in total. The van der Waals surface area contributed by atoms with E-state index in [1.165, 1.54) is 5.56 Å². The van der Waals surface area contributed by atoms with Gasteiger partial charge in [-0.15, -0.1) is 0 Å². The second-order valence-corrected chi connectivity index (χ2v) is 3.91. The van der Waals surface area contributed by atoms with Crippen molar-refractivity contribution in [1.29, 1.82) is 0 Å². The topological polar surface area (TPSA) is 63.8 Å². The number of nitrogens with zero attached hydrogens (tertiary/aromatic N) is 2. The Morgan fingerprint density at radius 1 is 1.24 bits per heavy atom. The van der Waals surface area contributed by atoms with Crippen LogP contribution in [-0.4, -0.2) is 17.0 Å². The van der Waals surface area contributed by atoms with Gasteiger partial charge in [-0.3, -0.25) is 9.97 Å². The van der Waals surface area contributed by atoms with Crippen molar-refractivity contribution in [2.24, 2.45) is 0 Å². The van der Waals surface area contributed by atoms with Crippen molar-refractivity contribution in [1.82, 2.24) is 15.3 Å². The molecule has 4 heteroatoms. The number of likely N-dealkylation sites (N-methyl/N-ethyl adjacent to an activating group) is 1. The fraction of sp³-hybridized carbons (Fsp3) is 0.231. The Morgan fingerprint density at radius 3 is 2.71 bits per heavy atom. The second kappa shape index (κ2) is 5.41. The van der Waals surface area contributed by atoms with E-state index in [1.807, 2.05) is 31.6 Å². The first-order valence-electron chi connectivity index (χ1n) is 5.57. The molecule has 2 aromatic heterocycles. The Morgan fingerprint density at radius 2 is 2.06 bits per heavy atom. The number of hydrogen-bond donors (Lipinski definition) is 2. The molecule has 0 saturated heterocycles. The van der Waals surface area contributed by atoms with Gasteiger partial charge in [0.25, 0.3) is 0 Å². The van der Waals surface area contributed by atoms with Gasteiger partial charge < -0.3 is 11.1 Å². The first-order valence-corrected chi connectivity index (χ1v) is 5.57. The zero-order valence-electron chi connectivity index (χ0n) is 9.80. The number of nitrogen functional groups attached to an aromatic ring is 1. The summed E-state index contributed by atoms with van der Waals surface area (Å²) in [5, 5.41) is 3.26. The largest absolute Gasteiger partial charge is 0.398 e. The molecule has 1 unspecified atom stereocenters. The summed E-state index contributed by atoms with van der Waals surface area (Å²) in [7, 11) is 1.92. The number of rotatable bonds is 4. The van der Waals surface area contributed by atoms with Crippen LogP contribution >= 0.6 is 0 Å². The summed E-state index contributed by atoms with van der Waals surface area (Å²) in [4.78, 5) is 8.23. The minimum atomic E-state index is 0.160. The van der Waals surface area contributed by atoms with E-state index in [4.69, 9.17) is 5.73 Å². The highest BCUT2D eigenvalue weighted by Crippen LogP contribution is 2.21. The van der Waals surface area contributed by atoms with Gasteiger partial charge in [-0.2, -0.15) is 0 Å². The molecule has 1 atom stereocenters. The predicted molar refractivity (Wildman–Crippen MR) is 68.4 cm³/mol. The van der Waals surface area contributed by atoms with Crippen molar-refractivity contribution < 1.29 is 0 Å². The molecule has 0 aliphatic rings. The molecule has 2 rings (SSSR count). The van der Waals surface area contributed by atoms with Crippen LogP contribution in [0.1, 0.15) is 17.2 Å². The summed E-state index contributed by atoms with van der Waals surface area (Å²) >= 11 is 0. The monoisotopic (exact) mass is 228 g/mol. The predicted octanol–water partition coefficient (Wildman–Crippen LogP) is 1.56. The van der Waals surface area contributed by atoms with Crippen molar-refractivity contribution >= 4 is 5.69 Å². The minimum Gasteiger partial charge on any atom is -0.398 e. The van der Waals surface area contributed by atoms with Crippen LogP contribution in [0.15, 0.2) is 43.0 Å². The van der Waals surface area contributed by atoms with Gasteiger partial charge in [0.05, 0.1) is 0 Å². The molecule has 0 spiro atoms. The molecule has 0 radical (unpaired) electrons. The summed E-state index contributed by atoms with van der Waals surface area (Å²) in [5.41, 5.74) is 8.92. The van der Waals surface area contributed by atoms with E-state index in [0.717, 1.165) is 17.7 Å². The van der Waals surface area contributed by atoms with E-state index in [-0.39, 0.29) is 6.04 Å². The normalized spacial score (nSPS) is 12.3. The van der Waals surface area contributed by atoms with Crippen LogP contribution in [0.3, 0.4) is 0 Å². The lowest BCUT2D eigenvalue weighted by atomic mass is 10.0. The van der Waals surface area contributed by atoms with Gasteiger partial charge in [-0.1, -0.05) is 6.07 Å². The first-order chi connectivity index (χ1) is 8.31. The molecule has 88 valence electrons. The van der Waals surface area contributed by atoms with Gasteiger partial charge in [0.2, 0.25) is 0 Å². The van der Waals surface area contributed by atoms with Crippen molar-refractivity contribution in [3.05, 3.63) is 54.1 Å². The molecule has 0 aliphatic heterocycles. The molecule has 2 aromatic rings. The van der Waals surface area contributed by atoms with Crippen LogP contribution in [0.5, 0.6) is 0 Å². The molecule has 0 amide bonds. The molecule has 0 bridgehead atoms. The summed E-state index contributed by atoms with van der Waals surface area (Å²) in [6.45, 7) is 0. The van der Waals surface area contributed by atoms with E-state index in [9.17, 15) is 0 Å². The fourth-order valence-corrected chi connectivity index (χ4v) is 1.83. The van der Waals surface area contributed by atoms with Crippen LogP contribution in [-0.2, 0) is 6.42 Å². The molecule has 4 nitrogen and oxygen atoms in total. The van der Waals surface area contributed by atoms with Gasteiger partial charge in [-0.05, 0) is 31.2 Å². The maximum atomic E-state index is 5.96. The summed E-state index contributed by atoms with van der Waals surface area (Å²) in [6, 6.07) is 5.98. The summed E-state index contributed by atoms with van der Waals surface area (Å²) in [5.74, 6) is 0. The van der Waals surface area contributed by atoms with E-state index in [2.05, 4.69) is 21.4 Å². The van der Waals surface area contributed by atoms with Crippen LogP contribution < -0.4 is 11.1 Å². The van der Waals surface area contributed by atoms with E-state index in [1.54, 1.807) is 12.4 Å². The second-order valence-electron chi connectivity index (χ2n) is 3.91. The summed E-state index contributed by atoms with van der Waals surface area (Å²) < 4.78 is 0. The third kappa shape index (κ3) is 2.79. The highest BCUT2D eigenvalue weighted by atomic mass is 14.9. The average molecular weight is 228 g/mol. The smallest absolute Gasteiger partial charge is 0.0394 e. The van der Waals surface area contributed by atoms with Gasteiger partial charge in [-0.25, -0.2) is 0 Å². The molecular formula is C13H16N4. The van der Waals surface area contributed by atoms with Crippen molar-refractivity contribution in [3.8, 4) is 0 Å². The Balaban J connectivity index is 2.21. The molecule has 0 aromatic carbocycles. The zero-order valence-corrected chi connectivity index (χ0v) is 9.80. The Bertz CT molecular complexity index is 470. The highest BCUT2D eigenvalue weighted by Gasteiger charge is 2.13. The lowest BCUT2D eigenvalue weighted by Gasteiger charge is -2.17. The Hall–Kier alpha value is -1.94. The summed E-state index contributed by atoms with van der Waals surface area (Å²) in [6.07, 6.45) is 8.01.